The number of hydrogen-bond donors (Lipinski definition) is 2. The molecule has 1 aromatic heterocycles. The Hall–Kier alpha value is -1.29. The summed E-state index contributed by atoms with van der Waals surface area (Å²) in [6, 6.07) is 6.61. The summed E-state index contributed by atoms with van der Waals surface area (Å²) in [5.41, 5.74) is 0. The lowest BCUT2D eigenvalue weighted by Crippen LogP contribution is -2.38. The van der Waals surface area contributed by atoms with Crippen molar-refractivity contribution in [1.82, 2.24) is 20.2 Å². The molecule has 0 spiro atoms. The number of guanidine groups is 1. The summed E-state index contributed by atoms with van der Waals surface area (Å²) in [4.78, 5) is 9.68. The molecule has 0 amide bonds. The summed E-state index contributed by atoms with van der Waals surface area (Å²) >= 11 is 1.72. The molecule has 2 N–H and O–H groups in total. The lowest BCUT2D eigenvalue weighted by atomic mass is 10.4. The molecule has 0 unspecified atom stereocenters. The highest BCUT2D eigenvalue weighted by Crippen LogP contribution is 2.18. The fourth-order valence-electron chi connectivity index (χ4n) is 2.04. The van der Waals surface area contributed by atoms with Crippen LogP contribution < -0.4 is 10.6 Å². The number of nitrogens with zero attached hydrogens (tertiary/aromatic N) is 3. The second-order valence-electron chi connectivity index (χ2n) is 5.14. The maximum Gasteiger partial charge on any atom is 0.191 e. The van der Waals surface area contributed by atoms with Crippen LogP contribution in [-0.4, -0.2) is 40.9 Å². The molecule has 0 atom stereocenters. The average molecular weight is 477 g/mol. The van der Waals surface area contributed by atoms with Crippen molar-refractivity contribution in [2.45, 2.75) is 24.8 Å². The molecular formula is C17H25FIN5S. The number of rotatable bonds is 9. The smallest absolute Gasteiger partial charge is 0.191 e. The zero-order valence-electron chi connectivity index (χ0n) is 14.3. The molecule has 0 bridgehead atoms. The van der Waals surface area contributed by atoms with E-state index < -0.39 is 0 Å². The Morgan fingerprint density at radius 2 is 2.08 bits per heavy atom. The number of aromatic nitrogens is 2. The third-order valence-electron chi connectivity index (χ3n) is 3.22. The highest BCUT2D eigenvalue weighted by Gasteiger charge is 1.98. The van der Waals surface area contributed by atoms with E-state index >= 15 is 0 Å². The van der Waals surface area contributed by atoms with Gasteiger partial charge < -0.3 is 15.2 Å². The number of nitrogens with one attached hydrogen (secondary N) is 2. The van der Waals surface area contributed by atoms with Gasteiger partial charge in [-0.2, -0.15) is 0 Å². The zero-order valence-corrected chi connectivity index (χ0v) is 17.5. The highest BCUT2D eigenvalue weighted by atomic mass is 127. The Kier molecular flexibility index (Phi) is 11.3. The van der Waals surface area contributed by atoms with E-state index in [0.717, 1.165) is 49.2 Å². The molecule has 0 aliphatic rings. The Morgan fingerprint density at radius 1 is 1.28 bits per heavy atom. The van der Waals surface area contributed by atoms with Crippen molar-refractivity contribution in [2.75, 3.05) is 25.4 Å². The molecule has 5 nitrogen and oxygen atoms in total. The molecule has 138 valence electrons. The minimum atomic E-state index is -0.194. The molecule has 1 heterocycles. The molecular weight excluding hydrogens is 452 g/mol. The number of thioether (sulfide) groups is 1. The van der Waals surface area contributed by atoms with E-state index in [-0.39, 0.29) is 29.8 Å². The molecule has 0 aliphatic heterocycles. The first kappa shape index (κ1) is 21.8. The summed E-state index contributed by atoms with van der Waals surface area (Å²) in [5.74, 6) is 1.61. The van der Waals surface area contributed by atoms with Gasteiger partial charge in [0.25, 0.3) is 0 Å². The number of aliphatic imine (C=N–C) groups is 1. The van der Waals surface area contributed by atoms with Crippen LogP contribution in [0.3, 0.4) is 0 Å². The van der Waals surface area contributed by atoms with Crippen LogP contribution in [0.25, 0.3) is 0 Å². The summed E-state index contributed by atoms with van der Waals surface area (Å²) in [7, 11) is 0. The molecule has 0 aliphatic carbocycles. The maximum atomic E-state index is 12.8. The molecule has 0 saturated carbocycles. The molecule has 25 heavy (non-hydrogen) atoms. The van der Waals surface area contributed by atoms with Crippen LogP contribution in [0.4, 0.5) is 4.39 Å². The first-order valence-corrected chi connectivity index (χ1v) is 9.13. The number of benzene rings is 1. The van der Waals surface area contributed by atoms with Gasteiger partial charge in [0.15, 0.2) is 5.96 Å². The van der Waals surface area contributed by atoms with E-state index in [9.17, 15) is 4.39 Å². The predicted molar refractivity (Wildman–Crippen MR) is 113 cm³/mol. The van der Waals surface area contributed by atoms with E-state index in [1.165, 1.54) is 12.1 Å². The van der Waals surface area contributed by atoms with Gasteiger partial charge in [-0.25, -0.2) is 9.37 Å². The van der Waals surface area contributed by atoms with Crippen molar-refractivity contribution < 1.29 is 4.39 Å². The number of imidazole rings is 1. The fourth-order valence-corrected chi connectivity index (χ4v) is 2.88. The Balaban J connectivity index is 0.00000312. The first-order valence-electron chi connectivity index (χ1n) is 8.14. The van der Waals surface area contributed by atoms with Gasteiger partial charge >= 0.3 is 0 Å². The third-order valence-corrected chi connectivity index (χ3v) is 4.32. The van der Waals surface area contributed by atoms with Gasteiger partial charge in [0, 0.05) is 43.5 Å². The molecule has 2 aromatic rings. The second-order valence-corrected chi connectivity index (χ2v) is 6.31. The molecule has 2 rings (SSSR count). The van der Waals surface area contributed by atoms with Crippen molar-refractivity contribution in [3.8, 4) is 0 Å². The van der Waals surface area contributed by atoms with Crippen LogP contribution in [0.1, 0.15) is 13.3 Å². The van der Waals surface area contributed by atoms with Crippen LogP contribution in [-0.2, 0) is 6.54 Å². The topological polar surface area (TPSA) is 54.2 Å². The highest BCUT2D eigenvalue weighted by molar-refractivity contribution is 14.0. The van der Waals surface area contributed by atoms with Crippen molar-refractivity contribution in [3.05, 3.63) is 48.8 Å². The largest absolute Gasteiger partial charge is 0.357 e. The molecule has 1 aromatic carbocycles. The zero-order chi connectivity index (χ0) is 17.0. The molecule has 0 saturated heterocycles. The predicted octanol–water partition coefficient (Wildman–Crippen LogP) is 3.38. The normalized spacial score (nSPS) is 11.0. The molecule has 8 heteroatoms. The third kappa shape index (κ3) is 9.10. The van der Waals surface area contributed by atoms with Crippen molar-refractivity contribution in [2.24, 2.45) is 4.99 Å². The average Bonchev–Trinajstić information content (AvgIpc) is 3.09. The minimum absolute atomic E-state index is 0. The van der Waals surface area contributed by atoms with Gasteiger partial charge in [-0.15, -0.1) is 35.7 Å². The second kappa shape index (κ2) is 13.0. The monoisotopic (exact) mass is 477 g/mol. The summed E-state index contributed by atoms with van der Waals surface area (Å²) in [5, 5.41) is 6.56. The van der Waals surface area contributed by atoms with Gasteiger partial charge in [0.1, 0.15) is 5.82 Å². The van der Waals surface area contributed by atoms with E-state index in [2.05, 4.69) is 27.5 Å². The number of hydrogen-bond acceptors (Lipinski definition) is 3. The van der Waals surface area contributed by atoms with Gasteiger partial charge in [-0.1, -0.05) is 0 Å². The minimum Gasteiger partial charge on any atom is -0.357 e. The number of halogens is 2. The van der Waals surface area contributed by atoms with Gasteiger partial charge in [0.05, 0.1) is 6.33 Å². The van der Waals surface area contributed by atoms with Crippen LogP contribution in [0.5, 0.6) is 0 Å². The van der Waals surface area contributed by atoms with Crippen LogP contribution in [0, 0.1) is 5.82 Å². The summed E-state index contributed by atoms with van der Waals surface area (Å²) < 4.78 is 14.9. The van der Waals surface area contributed by atoms with Crippen molar-refractivity contribution in [3.63, 3.8) is 0 Å². The lowest BCUT2D eigenvalue weighted by Gasteiger charge is -2.11. The Morgan fingerprint density at radius 3 is 2.76 bits per heavy atom. The fraction of sp³-hybridized carbons (Fsp3) is 0.412. The van der Waals surface area contributed by atoms with E-state index in [4.69, 9.17) is 0 Å². The van der Waals surface area contributed by atoms with Crippen LogP contribution in [0.2, 0.25) is 0 Å². The van der Waals surface area contributed by atoms with E-state index in [1.54, 1.807) is 24.3 Å². The van der Waals surface area contributed by atoms with E-state index in [1.807, 2.05) is 22.9 Å². The van der Waals surface area contributed by atoms with Crippen LogP contribution >= 0.6 is 35.7 Å². The van der Waals surface area contributed by atoms with Crippen molar-refractivity contribution in [1.29, 1.82) is 0 Å². The van der Waals surface area contributed by atoms with Gasteiger partial charge in [-0.05, 0) is 43.4 Å². The maximum absolute atomic E-state index is 12.8. The SMILES string of the molecule is CCNC(=NCCCSc1ccc(F)cc1)NCCn1ccnc1.I. The molecule has 0 radical (unpaired) electrons. The Labute approximate surface area is 169 Å². The van der Waals surface area contributed by atoms with E-state index in [0.29, 0.717) is 0 Å². The van der Waals surface area contributed by atoms with Gasteiger partial charge in [0.2, 0.25) is 0 Å². The van der Waals surface area contributed by atoms with Gasteiger partial charge in [-0.3, -0.25) is 4.99 Å². The van der Waals surface area contributed by atoms with Crippen molar-refractivity contribution >= 4 is 41.7 Å². The summed E-state index contributed by atoms with van der Waals surface area (Å²) in [6.45, 7) is 5.30. The Bertz CT molecular complexity index is 604. The molecule has 0 fully saturated rings. The first-order chi connectivity index (χ1) is 11.8. The quantitative estimate of drug-likeness (QED) is 0.191. The standard InChI is InChI=1S/C17H24FN5S.HI/c1-2-20-17(22-10-12-23-11-9-19-14-23)21-8-3-13-24-16-6-4-15(18)5-7-16;/h4-7,9,11,14H,2-3,8,10,12-13H2,1H3,(H2,20,21,22);1H. The lowest BCUT2D eigenvalue weighted by molar-refractivity contribution is 0.626. The summed E-state index contributed by atoms with van der Waals surface area (Å²) in [6.07, 6.45) is 6.50. The van der Waals surface area contributed by atoms with Crippen LogP contribution in [0.15, 0.2) is 52.9 Å².